The fourth-order valence-electron chi connectivity index (χ4n) is 2.06. The Morgan fingerprint density at radius 2 is 2.05 bits per heavy atom. The van der Waals surface area contributed by atoms with Crippen LogP contribution in [0, 0.1) is 12.7 Å². The summed E-state index contributed by atoms with van der Waals surface area (Å²) >= 11 is 4.84. The van der Waals surface area contributed by atoms with Gasteiger partial charge in [0, 0.05) is 12.1 Å². The minimum atomic E-state index is -0.384. The molecule has 0 saturated heterocycles. The van der Waals surface area contributed by atoms with Crippen LogP contribution in [0.3, 0.4) is 0 Å². The van der Waals surface area contributed by atoms with E-state index in [0.717, 1.165) is 17.1 Å². The van der Waals surface area contributed by atoms with Crippen molar-refractivity contribution < 1.29 is 8.81 Å². The lowest BCUT2D eigenvalue weighted by Crippen LogP contribution is -2.18. The number of thiocarbonyl (C=S) groups is 1. The second-order valence-corrected chi connectivity index (χ2v) is 5.30. The van der Waals surface area contributed by atoms with E-state index < -0.39 is 0 Å². The normalized spacial score (nSPS) is 11.0. The molecule has 0 aliphatic heterocycles. The second-order valence-electron chi connectivity index (χ2n) is 4.86. The Morgan fingerprint density at radius 3 is 2.65 bits per heavy atom. The summed E-state index contributed by atoms with van der Waals surface area (Å²) in [6, 6.07) is 8.72. The van der Waals surface area contributed by atoms with Crippen LogP contribution in [-0.4, -0.2) is 16.9 Å². The van der Waals surface area contributed by atoms with Gasteiger partial charge in [-0.05, 0) is 43.8 Å². The largest absolute Gasteiger partial charge is 0.465 e. The average Bonchev–Trinajstić information content (AvgIpc) is 2.76. The van der Waals surface area contributed by atoms with E-state index in [0.29, 0.717) is 18.7 Å². The lowest BCUT2D eigenvalue weighted by molar-refractivity contribution is 0.285. The highest BCUT2D eigenvalue weighted by atomic mass is 32.1. The molecular formula is C15H17FN2OS. The maximum absolute atomic E-state index is 13.5. The van der Waals surface area contributed by atoms with E-state index in [4.69, 9.17) is 22.4 Å². The SMILES string of the molecule is Cc1ccc(CN(C)Cc2ccc(F)c(C(N)=S)c2)o1. The van der Waals surface area contributed by atoms with Crippen molar-refractivity contribution in [2.75, 3.05) is 7.05 Å². The Labute approximate surface area is 123 Å². The quantitative estimate of drug-likeness (QED) is 0.860. The predicted molar refractivity (Wildman–Crippen MR) is 80.9 cm³/mol. The number of furan rings is 1. The summed E-state index contributed by atoms with van der Waals surface area (Å²) in [7, 11) is 1.97. The molecule has 1 aromatic heterocycles. The summed E-state index contributed by atoms with van der Waals surface area (Å²) in [6.07, 6.45) is 0. The number of rotatable bonds is 5. The van der Waals surface area contributed by atoms with Gasteiger partial charge in [0.05, 0.1) is 6.54 Å². The third kappa shape index (κ3) is 3.65. The molecule has 2 aromatic rings. The van der Waals surface area contributed by atoms with Gasteiger partial charge in [0.15, 0.2) is 0 Å². The maximum Gasteiger partial charge on any atom is 0.133 e. The lowest BCUT2D eigenvalue weighted by Gasteiger charge is -2.16. The summed E-state index contributed by atoms with van der Waals surface area (Å²) in [4.78, 5) is 2.16. The van der Waals surface area contributed by atoms with Crippen molar-refractivity contribution >= 4 is 17.2 Å². The fraction of sp³-hybridized carbons (Fsp3) is 0.267. The highest BCUT2D eigenvalue weighted by molar-refractivity contribution is 7.80. The molecule has 0 aliphatic rings. The Hall–Kier alpha value is -1.72. The fourth-order valence-corrected chi connectivity index (χ4v) is 2.22. The molecule has 0 fully saturated rings. The summed E-state index contributed by atoms with van der Waals surface area (Å²) in [5.74, 6) is 1.41. The third-order valence-corrected chi connectivity index (χ3v) is 3.19. The van der Waals surface area contributed by atoms with E-state index in [1.54, 1.807) is 12.1 Å². The van der Waals surface area contributed by atoms with Gasteiger partial charge in [-0.3, -0.25) is 4.90 Å². The predicted octanol–water partition coefficient (Wildman–Crippen LogP) is 2.99. The number of hydrogen-bond donors (Lipinski definition) is 1. The van der Waals surface area contributed by atoms with E-state index in [1.165, 1.54) is 6.07 Å². The van der Waals surface area contributed by atoms with Crippen molar-refractivity contribution in [3.63, 3.8) is 0 Å². The van der Waals surface area contributed by atoms with Crippen LogP contribution < -0.4 is 5.73 Å². The molecule has 0 atom stereocenters. The van der Waals surface area contributed by atoms with Crippen molar-refractivity contribution in [3.05, 3.63) is 58.8 Å². The molecule has 0 bridgehead atoms. The Kier molecular flexibility index (Phi) is 4.52. The molecule has 0 aliphatic carbocycles. The number of hydrogen-bond acceptors (Lipinski definition) is 3. The van der Waals surface area contributed by atoms with Gasteiger partial charge in [-0.1, -0.05) is 18.3 Å². The van der Waals surface area contributed by atoms with Crippen molar-refractivity contribution in [1.29, 1.82) is 0 Å². The number of benzene rings is 1. The number of nitrogens with two attached hydrogens (primary N) is 1. The summed E-state index contributed by atoms with van der Waals surface area (Å²) in [6.45, 7) is 3.27. The van der Waals surface area contributed by atoms with Gasteiger partial charge in [0.2, 0.25) is 0 Å². The monoisotopic (exact) mass is 292 g/mol. The number of aryl methyl sites for hydroxylation is 1. The highest BCUT2D eigenvalue weighted by Crippen LogP contribution is 2.14. The second kappa shape index (κ2) is 6.15. The van der Waals surface area contributed by atoms with Crippen molar-refractivity contribution in [1.82, 2.24) is 4.90 Å². The highest BCUT2D eigenvalue weighted by Gasteiger charge is 2.09. The van der Waals surface area contributed by atoms with Crippen LogP contribution in [0.1, 0.15) is 22.6 Å². The van der Waals surface area contributed by atoms with Crippen molar-refractivity contribution in [2.45, 2.75) is 20.0 Å². The van der Waals surface area contributed by atoms with Crippen molar-refractivity contribution in [2.24, 2.45) is 5.73 Å². The molecule has 0 radical (unpaired) electrons. The zero-order chi connectivity index (χ0) is 14.7. The Bertz CT molecular complexity index is 624. The molecule has 3 nitrogen and oxygen atoms in total. The van der Waals surface area contributed by atoms with E-state index in [-0.39, 0.29) is 10.8 Å². The first-order valence-electron chi connectivity index (χ1n) is 6.28. The van der Waals surface area contributed by atoms with Gasteiger partial charge >= 0.3 is 0 Å². The molecule has 2 rings (SSSR count). The molecule has 0 spiro atoms. The molecule has 0 saturated carbocycles. The van der Waals surface area contributed by atoms with Gasteiger partial charge in [0.25, 0.3) is 0 Å². The molecule has 0 amide bonds. The first-order chi connectivity index (χ1) is 9.45. The van der Waals surface area contributed by atoms with E-state index in [9.17, 15) is 4.39 Å². The standard InChI is InChI=1S/C15H17FN2OS/c1-10-3-5-12(19-10)9-18(2)8-11-4-6-14(16)13(7-11)15(17)20/h3-7H,8-9H2,1-2H3,(H2,17,20). The summed E-state index contributed by atoms with van der Waals surface area (Å²) in [5, 5.41) is 0. The maximum atomic E-state index is 13.5. The smallest absolute Gasteiger partial charge is 0.133 e. The number of halogens is 1. The van der Waals surface area contributed by atoms with Crippen LogP contribution in [0.5, 0.6) is 0 Å². The van der Waals surface area contributed by atoms with Gasteiger partial charge < -0.3 is 10.2 Å². The topological polar surface area (TPSA) is 42.4 Å². The molecule has 0 unspecified atom stereocenters. The Balaban J connectivity index is 2.06. The zero-order valence-electron chi connectivity index (χ0n) is 11.5. The van der Waals surface area contributed by atoms with Gasteiger partial charge in [-0.25, -0.2) is 4.39 Å². The minimum Gasteiger partial charge on any atom is -0.465 e. The van der Waals surface area contributed by atoms with E-state index >= 15 is 0 Å². The molecule has 5 heteroatoms. The van der Waals surface area contributed by atoms with E-state index in [2.05, 4.69) is 4.90 Å². The molecule has 20 heavy (non-hydrogen) atoms. The van der Waals surface area contributed by atoms with Crippen LogP contribution in [0.4, 0.5) is 4.39 Å². The minimum absolute atomic E-state index is 0.0775. The van der Waals surface area contributed by atoms with Gasteiger partial charge in [0.1, 0.15) is 22.3 Å². The van der Waals surface area contributed by atoms with Crippen LogP contribution in [-0.2, 0) is 13.1 Å². The summed E-state index contributed by atoms with van der Waals surface area (Å²) in [5.41, 5.74) is 6.75. The molecule has 1 heterocycles. The first-order valence-corrected chi connectivity index (χ1v) is 6.68. The van der Waals surface area contributed by atoms with Crippen LogP contribution in [0.25, 0.3) is 0 Å². The molecule has 2 N–H and O–H groups in total. The van der Waals surface area contributed by atoms with Crippen LogP contribution >= 0.6 is 12.2 Å². The molecule has 106 valence electrons. The average molecular weight is 292 g/mol. The van der Waals surface area contributed by atoms with Gasteiger partial charge in [-0.15, -0.1) is 0 Å². The third-order valence-electron chi connectivity index (χ3n) is 2.97. The van der Waals surface area contributed by atoms with Gasteiger partial charge in [-0.2, -0.15) is 0 Å². The van der Waals surface area contributed by atoms with E-state index in [1.807, 2.05) is 26.1 Å². The van der Waals surface area contributed by atoms with Crippen molar-refractivity contribution in [3.8, 4) is 0 Å². The summed E-state index contributed by atoms with van der Waals surface area (Å²) < 4.78 is 19.0. The number of nitrogens with zero attached hydrogens (tertiary/aromatic N) is 1. The van der Waals surface area contributed by atoms with Crippen LogP contribution in [0.2, 0.25) is 0 Å². The lowest BCUT2D eigenvalue weighted by atomic mass is 10.1. The zero-order valence-corrected chi connectivity index (χ0v) is 12.3. The Morgan fingerprint density at radius 1 is 1.30 bits per heavy atom. The van der Waals surface area contributed by atoms with Crippen LogP contribution in [0.15, 0.2) is 34.7 Å². The molecule has 1 aromatic carbocycles. The molecular weight excluding hydrogens is 275 g/mol. The first kappa shape index (κ1) is 14.7.